The van der Waals surface area contributed by atoms with E-state index in [1.54, 1.807) is 0 Å². The second-order valence-corrected chi connectivity index (χ2v) is 6.54. The summed E-state index contributed by atoms with van der Waals surface area (Å²) in [5.74, 6) is 1.98. The highest BCUT2D eigenvalue weighted by Gasteiger charge is 2.43. The minimum Gasteiger partial charge on any atom is -0.325 e. The summed E-state index contributed by atoms with van der Waals surface area (Å²) in [5.41, 5.74) is 4.63. The predicted molar refractivity (Wildman–Crippen MR) is 78.2 cm³/mol. The number of anilines is 1. The van der Waals surface area contributed by atoms with E-state index in [1.165, 1.54) is 36.0 Å². The Labute approximate surface area is 115 Å². The molecule has 0 aliphatic heterocycles. The van der Waals surface area contributed by atoms with Crippen molar-refractivity contribution in [3.8, 4) is 0 Å². The average Bonchev–Trinajstić information content (AvgIpc) is 2.95. The molecule has 3 atom stereocenters. The molecule has 0 radical (unpaired) electrons. The lowest BCUT2D eigenvalue weighted by atomic mass is 9.88. The Morgan fingerprint density at radius 1 is 1.11 bits per heavy atom. The molecule has 0 heterocycles. The van der Waals surface area contributed by atoms with Crippen molar-refractivity contribution in [2.24, 2.45) is 17.8 Å². The highest BCUT2D eigenvalue weighted by atomic mass is 16.1. The highest BCUT2D eigenvalue weighted by Crippen LogP contribution is 2.48. The summed E-state index contributed by atoms with van der Waals surface area (Å²) in [7, 11) is 0. The van der Waals surface area contributed by atoms with Crippen molar-refractivity contribution in [1.29, 1.82) is 0 Å². The van der Waals surface area contributed by atoms with Gasteiger partial charge in [0, 0.05) is 11.6 Å². The summed E-state index contributed by atoms with van der Waals surface area (Å²) < 4.78 is 0. The number of carbonyl (C=O) groups excluding carboxylic acids is 1. The molecule has 1 amide bonds. The molecule has 2 saturated carbocycles. The minimum atomic E-state index is 0.252. The molecule has 2 aliphatic rings. The quantitative estimate of drug-likeness (QED) is 0.853. The fourth-order valence-corrected chi connectivity index (χ4v) is 4.16. The molecular weight excluding hydrogens is 234 g/mol. The topological polar surface area (TPSA) is 29.1 Å². The average molecular weight is 257 g/mol. The zero-order valence-corrected chi connectivity index (χ0v) is 12.1. The molecule has 0 unspecified atom stereocenters. The maximum Gasteiger partial charge on any atom is 0.227 e. The van der Waals surface area contributed by atoms with E-state index in [0.29, 0.717) is 5.92 Å². The van der Waals surface area contributed by atoms with Crippen molar-refractivity contribution in [3.63, 3.8) is 0 Å². The minimum absolute atomic E-state index is 0.252. The van der Waals surface area contributed by atoms with Gasteiger partial charge >= 0.3 is 0 Å². The standard InChI is InChI=1S/C17H23NO/c1-10-6-11(2)16(12(3)7-10)18-17(19)15-9-13-4-5-14(15)8-13/h6-7,13-15H,4-5,8-9H2,1-3H3,(H,18,19)/t13-,14-,15-/m1/s1. The molecule has 1 aromatic rings. The number of carbonyl (C=O) groups is 1. The second kappa shape index (κ2) is 4.66. The molecule has 1 N–H and O–H groups in total. The molecule has 19 heavy (non-hydrogen) atoms. The number of fused-ring (bicyclic) bond motifs is 2. The molecular formula is C17H23NO. The van der Waals surface area contributed by atoms with Gasteiger partial charge in [-0.25, -0.2) is 0 Å². The molecule has 3 rings (SSSR count). The molecule has 0 saturated heterocycles. The fourth-order valence-electron chi connectivity index (χ4n) is 4.16. The van der Waals surface area contributed by atoms with Crippen LogP contribution in [0.5, 0.6) is 0 Å². The highest BCUT2D eigenvalue weighted by molar-refractivity contribution is 5.94. The SMILES string of the molecule is Cc1cc(C)c(NC(=O)[C@@H]2C[C@@H]3CC[C@@H]2C3)c(C)c1. The van der Waals surface area contributed by atoms with Crippen LogP contribution in [0.3, 0.4) is 0 Å². The van der Waals surface area contributed by atoms with Crippen LogP contribution in [-0.4, -0.2) is 5.91 Å². The Kier molecular flexibility index (Phi) is 3.12. The lowest BCUT2D eigenvalue weighted by Crippen LogP contribution is -2.27. The molecule has 102 valence electrons. The fraction of sp³-hybridized carbons (Fsp3) is 0.588. The predicted octanol–water partition coefficient (Wildman–Crippen LogP) is 3.99. The van der Waals surface area contributed by atoms with Crippen molar-refractivity contribution < 1.29 is 4.79 Å². The first-order valence-corrected chi connectivity index (χ1v) is 7.43. The summed E-state index contributed by atoms with van der Waals surface area (Å²) in [5, 5.41) is 3.19. The summed E-state index contributed by atoms with van der Waals surface area (Å²) in [6.45, 7) is 6.26. The second-order valence-electron chi connectivity index (χ2n) is 6.54. The van der Waals surface area contributed by atoms with Crippen LogP contribution in [0.1, 0.15) is 42.4 Å². The third-order valence-corrected chi connectivity index (χ3v) is 5.00. The monoisotopic (exact) mass is 257 g/mol. The van der Waals surface area contributed by atoms with E-state index in [4.69, 9.17) is 0 Å². The normalized spacial score (nSPS) is 28.7. The van der Waals surface area contributed by atoms with Crippen LogP contribution in [0.4, 0.5) is 5.69 Å². The van der Waals surface area contributed by atoms with Crippen molar-refractivity contribution in [2.45, 2.75) is 46.5 Å². The molecule has 2 nitrogen and oxygen atoms in total. The van der Waals surface area contributed by atoms with Gasteiger partial charge in [-0.1, -0.05) is 24.1 Å². The number of nitrogens with one attached hydrogen (secondary N) is 1. The summed E-state index contributed by atoms with van der Waals surface area (Å²) in [4.78, 5) is 12.5. The zero-order valence-electron chi connectivity index (χ0n) is 12.1. The molecule has 2 bridgehead atoms. The number of rotatable bonds is 2. The van der Waals surface area contributed by atoms with Crippen molar-refractivity contribution in [2.75, 3.05) is 5.32 Å². The number of amides is 1. The molecule has 0 spiro atoms. The van der Waals surface area contributed by atoms with Gasteiger partial charge in [0.2, 0.25) is 5.91 Å². The van der Waals surface area contributed by atoms with Crippen LogP contribution in [-0.2, 0) is 4.79 Å². The maximum absolute atomic E-state index is 12.5. The van der Waals surface area contributed by atoms with E-state index in [2.05, 4.69) is 38.2 Å². The van der Waals surface area contributed by atoms with E-state index in [1.807, 2.05) is 0 Å². The van der Waals surface area contributed by atoms with E-state index in [-0.39, 0.29) is 11.8 Å². The third kappa shape index (κ3) is 2.29. The first-order valence-electron chi connectivity index (χ1n) is 7.43. The molecule has 1 aromatic carbocycles. The van der Waals surface area contributed by atoms with Crippen LogP contribution < -0.4 is 5.32 Å². The van der Waals surface area contributed by atoms with Gasteiger partial charge < -0.3 is 5.32 Å². The largest absolute Gasteiger partial charge is 0.325 e. The van der Waals surface area contributed by atoms with E-state index in [0.717, 1.165) is 18.0 Å². The number of benzene rings is 1. The van der Waals surface area contributed by atoms with Crippen molar-refractivity contribution in [3.05, 3.63) is 28.8 Å². The first kappa shape index (κ1) is 12.7. The van der Waals surface area contributed by atoms with Crippen molar-refractivity contribution >= 4 is 11.6 Å². The van der Waals surface area contributed by atoms with Gasteiger partial charge in [-0.15, -0.1) is 0 Å². The number of hydrogen-bond acceptors (Lipinski definition) is 1. The lowest BCUT2D eigenvalue weighted by molar-refractivity contribution is -0.121. The zero-order chi connectivity index (χ0) is 13.6. The van der Waals surface area contributed by atoms with E-state index >= 15 is 0 Å². The first-order chi connectivity index (χ1) is 9.04. The molecule has 2 aliphatic carbocycles. The van der Waals surface area contributed by atoms with Gasteiger partial charge in [-0.2, -0.15) is 0 Å². The Balaban J connectivity index is 1.77. The van der Waals surface area contributed by atoms with Crippen LogP contribution in [0, 0.1) is 38.5 Å². The van der Waals surface area contributed by atoms with Gasteiger partial charge in [0.05, 0.1) is 0 Å². The Morgan fingerprint density at radius 2 is 1.79 bits per heavy atom. The van der Waals surface area contributed by atoms with Gasteiger partial charge in [-0.05, 0) is 63.0 Å². The summed E-state index contributed by atoms with van der Waals surface area (Å²) in [6, 6.07) is 4.28. The molecule has 0 aromatic heterocycles. The lowest BCUT2D eigenvalue weighted by Gasteiger charge is -2.22. The van der Waals surface area contributed by atoms with Gasteiger partial charge in [0.15, 0.2) is 0 Å². The molecule has 2 heteroatoms. The number of aryl methyl sites for hydroxylation is 3. The smallest absolute Gasteiger partial charge is 0.227 e. The van der Waals surface area contributed by atoms with Gasteiger partial charge in [0.25, 0.3) is 0 Å². The van der Waals surface area contributed by atoms with Crippen molar-refractivity contribution in [1.82, 2.24) is 0 Å². The van der Waals surface area contributed by atoms with Crippen LogP contribution in [0.25, 0.3) is 0 Å². The Bertz CT molecular complexity index is 497. The van der Waals surface area contributed by atoms with E-state index in [9.17, 15) is 4.79 Å². The Hall–Kier alpha value is -1.31. The third-order valence-electron chi connectivity index (χ3n) is 5.00. The maximum atomic E-state index is 12.5. The van der Waals surface area contributed by atoms with Gasteiger partial charge in [-0.3, -0.25) is 4.79 Å². The Morgan fingerprint density at radius 3 is 2.32 bits per heavy atom. The van der Waals surface area contributed by atoms with Crippen LogP contribution in [0.2, 0.25) is 0 Å². The summed E-state index contributed by atoms with van der Waals surface area (Å²) >= 11 is 0. The number of hydrogen-bond donors (Lipinski definition) is 1. The van der Waals surface area contributed by atoms with E-state index < -0.39 is 0 Å². The molecule has 2 fully saturated rings. The van der Waals surface area contributed by atoms with Gasteiger partial charge in [0.1, 0.15) is 0 Å². The summed E-state index contributed by atoms with van der Waals surface area (Å²) in [6.07, 6.45) is 5.00. The van der Waals surface area contributed by atoms with Crippen LogP contribution >= 0.6 is 0 Å². The van der Waals surface area contributed by atoms with Crippen LogP contribution in [0.15, 0.2) is 12.1 Å².